The van der Waals surface area contributed by atoms with Gasteiger partial charge >= 0.3 is 11.8 Å². The highest BCUT2D eigenvalue weighted by Crippen LogP contribution is 2.29. The number of hydrogen-bond acceptors (Lipinski definition) is 2. The Bertz CT molecular complexity index is 734. The minimum atomic E-state index is -0.733. The zero-order valence-electron chi connectivity index (χ0n) is 14.0. The van der Waals surface area contributed by atoms with Crippen LogP contribution in [0.4, 0.5) is 10.1 Å². The molecule has 0 heterocycles. The van der Waals surface area contributed by atoms with Crippen molar-refractivity contribution < 1.29 is 14.0 Å². The number of amides is 2. The van der Waals surface area contributed by atoms with E-state index in [2.05, 4.69) is 10.6 Å². The average Bonchev–Trinajstić information content (AvgIpc) is 2.53. The molecule has 0 aliphatic carbocycles. The monoisotopic (exact) mass is 328 g/mol. The van der Waals surface area contributed by atoms with E-state index in [1.165, 1.54) is 12.1 Å². The van der Waals surface area contributed by atoms with Crippen LogP contribution in [0.15, 0.2) is 48.5 Å². The molecule has 0 radical (unpaired) electrons. The van der Waals surface area contributed by atoms with Gasteiger partial charge in [0.1, 0.15) is 5.82 Å². The molecule has 126 valence electrons. The lowest BCUT2D eigenvalue weighted by Crippen LogP contribution is -2.35. The summed E-state index contributed by atoms with van der Waals surface area (Å²) in [6, 6.07) is 13.1. The van der Waals surface area contributed by atoms with Gasteiger partial charge in [0, 0.05) is 12.2 Å². The van der Waals surface area contributed by atoms with Crippen molar-refractivity contribution in [1.82, 2.24) is 5.32 Å². The Kier molecular flexibility index (Phi) is 5.34. The molecule has 0 aliphatic heterocycles. The van der Waals surface area contributed by atoms with E-state index in [1.54, 1.807) is 24.3 Å². The van der Waals surface area contributed by atoms with Crippen LogP contribution < -0.4 is 10.6 Å². The summed E-state index contributed by atoms with van der Waals surface area (Å²) in [7, 11) is 0. The van der Waals surface area contributed by atoms with Gasteiger partial charge in [-0.2, -0.15) is 0 Å². The Hall–Kier alpha value is -2.69. The van der Waals surface area contributed by atoms with E-state index in [1.807, 2.05) is 32.9 Å². The fraction of sp³-hybridized carbons (Fsp3) is 0.263. The Morgan fingerprint density at radius 1 is 0.958 bits per heavy atom. The maximum atomic E-state index is 12.8. The summed E-state index contributed by atoms with van der Waals surface area (Å²) >= 11 is 0. The molecule has 0 bridgehead atoms. The largest absolute Gasteiger partial charge is 0.344 e. The molecular formula is C19H21FN2O2. The number of nitrogens with one attached hydrogen (secondary N) is 2. The van der Waals surface area contributed by atoms with Crippen LogP contribution in [0, 0.1) is 5.82 Å². The molecule has 0 aromatic heterocycles. The quantitative estimate of drug-likeness (QED) is 0.849. The predicted octanol–water partition coefficient (Wildman–Crippen LogP) is 3.38. The number of benzene rings is 2. The summed E-state index contributed by atoms with van der Waals surface area (Å²) in [6.07, 6.45) is 0. The Morgan fingerprint density at radius 2 is 1.58 bits per heavy atom. The highest BCUT2D eigenvalue weighted by Gasteiger charge is 2.20. The molecule has 0 aliphatic rings. The van der Waals surface area contributed by atoms with Crippen LogP contribution in [0.25, 0.3) is 0 Å². The van der Waals surface area contributed by atoms with Crippen molar-refractivity contribution in [2.75, 3.05) is 5.32 Å². The molecule has 0 fully saturated rings. The standard InChI is InChI=1S/C19H21FN2O2/c1-19(2,3)15-6-4-5-7-16(15)22-18(24)17(23)21-12-13-8-10-14(20)11-9-13/h4-11H,12H2,1-3H3,(H,21,23)(H,22,24). The summed E-state index contributed by atoms with van der Waals surface area (Å²) in [5, 5.41) is 5.17. The second-order valence-electron chi connectivity index (χ2n) is 6.56. The molecule has 24 heavy (non-hydrogen) atoms. The van der Waals surface area contributed by atoms with Gasteiger partial charge in [0.05, 0.1) is 0 Å². The number of halogens is 1. The molecule has 2 N–H and O–H groups in total. The molecule has 4 nitrogen and oxygen atoms in total. The number of anilines is 1. The van der Waals surface area contributed by atoms with Crippen LogP contribution in [0.3, 0.4) is 0 Å². The van der Waals surface area contributed by atoms with Crippen LogP contribution in [0.2, 0.25) is 0 Å². The normalized spacial score (nSPS) is 11.0. The summed E-state index contributed by atoms with van der Waals surface area (Å²) < 4.78 is 12.8. The van der Waals surface area contributed by atoms with Crippen LogP contribution in [-0.4, -0.2) is 11.8 Å². The van der Waals surface area contributed by atoms with Crippen molar-refractivity contribution in [3.63, 3.8) is 0 Å². The molecule has 0 saturated heterocycles. The van der Waals surface area contributed by atoms with Gasteiger partial charge in [-0.25, -0.2) is 4.39 Å². The van der Waals surface area contributed by atoms with Crippen molar-refractivity contribution in [2.24, 2.45) is 0 Å². The number of para-hydroxylation sites is 1. The zero-order valence-corrected chi connectivity index (χ0v) is 14.0. The number of hydrogen-bond donors (Lipinski definition) is 2. The maximum absolute atomic E-state index is 12.8. The lowest BCUT2D eigenvalue weighted by atomic mass is 9.86. The van der Waals surface area contributed by atoms with Crippen LogP contribution in [0.5, 0.6) is 0 Å². The number of carbonyl (C=O) groups is 2. The summed E-state index contributed by atoms with van der Waals surface area (Å²) in [4.78, 5) is 24.0. The zero-order chi connectivity index (χ0) is 17.7. The molecule has 2 rings (SSSR count). The highest BCUT2D eigenvalue weighted by molar-refractivity contribution is 6.39. The van der Waals surface area contributed by atoms with Crippen molar-refractivity contribution >= 4 is 17.5 Å². The molecule has 0 atom stereocenters. The van der Waals surface area contributed by atoms with Gasteiger partial charge in [0.2, 0.25) is 0 Å². The molecule has 0 unspecified atom stereocenters. The third-order valence-electron chi connectivity index (χ3n) is 3.56. The topological polar surface area (TPSA) is 58.2 Å². The van der Waals surface area contributed by atoms with Gasteiger partial charge in [-0.15, -0.1) is 0 Å². The van der Waals surface area contributed by atoms with E-state index in [0.717, 1.165) is 5.56 Å². The first-order chi connectivity index (χ1) is 11.3. The molecular weight excluding hydrogens is 307 g/mol. The SMILES string of the molecule is CC(C)(C)c1ccccc1NC(=O)C(=O)NCc1ccc(F)cc1. The van der Waals surface area contributed by atoms with E-state index in [-0.39, 0.29) is 17.8 Å². The van der Waals surface area contributed by atoms with Gasteiger partial charge in [-0.1, -0.05) is 51.1 Å². The smallest absolute Gasteiger partial charge is 0.313 e. The van der Waals surface area contributed by atoms with Crippen molar-refractivity contribution in [1.29, 1.82) is 0 Å². The first kappa shape index (κ1) is 17.7. The van der Waals surface area contributed by atoms with Gasteiger partial charge in [-0.3, -0.25) is 9.59 Å². The van der Waals surface area contributed by atoms with Crippen molar-refractivity contribution in [3.05, 3.63) is 65.5 Å². The summed E-state index contributed by atoms with van der Waals surface area (Å²) in [6.45, 7) is 6.26. The van der Waals surface area contributed by atoms with Crippen molar-refractivity contribution in [3.8, 4) is 0 Å². The Balaban J connectivity index is 2.00. The molecule has 2 aromatic rings. The molecule has 0 spiro atoms. The number of rotatable bonds is 3. The third kappa shape index (κ3) is 4.65. The van der Waals surface area contributed by atoms with E-state index in [9.17, 15) is 14.0 Å². The molecule has 2 aromatic carbocycles. The first-order valence-electron chi connectivity index (χ1n) is 7.70. The Morgan fingerprint density at radius 3 is 2.21 bits per heavy atom. The van der Waals surface area contributed by atoms with Gasteiger partial charge < -0.3 is 10.6 Å². The minimum absolute atomic E-state index is 0.158. The van der Waals surface area contributed by atoms with Crippen LogP contribution >= 0.6 is 0 Å². The summed E-state index contributed by atoms with van der Waals surface area (Å²) in [5.41, 5.74) is 2.12. The summed E-state index contributed by atoms with van der Waals surface area (Å²) in [5.74, 6) is -1.81. The van der Waals surface area contributed by atoms with Crippen LogP contribution in [0.1, 0.15) is 31.9 Å². The number of carbonyl (C=O) groups excluding carboxylic acids is 2. The van der Waals surface area contributed by atoms with E-state index in [0.29, 0.717) is 11.3 Å². The molecule has 0 saturated carbocycles. The van der Waals surface area contributed by atoms with Gasteiger partial charge in [-0.05, 0) is 34.7 Å². The van der Waals surface area contributed by atoms with E-state index >= 15 is 0 Å². The third-order valence-corrected chi connectivity index (χ3v) is 3.56. The second kappa shape index (κ2) is 7.25. The average molecular weight is 328 g/mol. The first-order valence-corrected chi connectivity index (χ1v) is 7.70. The molecule has 5 heteroatoms. The fourth-order valence-electron chi connectivity index (χ4n) is 2.29. The second-order valence-corrected chi connectivity index (χ2v) is 6.56. The van der Waals surface area contributed by atoms with Crippen molar-refractivity contribution in [2.45, 2.75) is 32.7 Å². The van der Waals surface area contributed by atoms with Gasteiger partial charge in [0.25, 0.3) is 0 Å². The maximum Gasteiger partial charge on any atom is 0.313 e. The van der Waals surface area contributed by atoms with Crippen LogP contribution in [-0.2, 0) is 21.5 Å². The van der Waals surface area contributed by atoms with Gasteiger partial charge in [0.15, 0.2) is 0 Å². The van der Waals surface area contributed by atoms with E-state index < -0.39 is 11.8 Å². The lowest BCUT2D eigenvalue weighted by molar-refractivity contribution is -0.136. The minimum Gasteiger partial charge on any atom is -0.344 e. The molecule has 2 amide bonds. The van der Waals surface area contributed by atoms with E-state index in [4.69, 9.17) is 0 Å². The lowest BCUT2D eigenvalue weighted by Gasteiger charge is -2.22. The Labute approximate surface area is 141 Å². The predicted molar refractivity (Wildman–Crippen MR) is 92.0 cm³/mol. The fourth-order valence-corrected chi connectivity index (χ4v) is 2.29. The highest BCUT2D eigenvalue weighted by atomic mass is 19.1.